The minimum atomic E-state index is 0.000278. The zero-order chi connectivity index (χ0) is 13.5. The van der Waals surface area contributed by atoms with Crippen LogP contribution in [0, 0.1) is 0 Å². The molecule has 0 atom stereocenters. The van der Waals surface area contributed by atoms with Gasteiger partial charge in [-0.25, -0.2) is 0 Å². The van der Waals surface area contributed by atoms with Crippen molar-refractivity contribution < 1.29 is 4.74 Å². The number of hydrogen-bond donors (Lipinski definition) is 0. The van der Waals surface area contributed by atoms with Crippen LogP contribution in [0.1, 0.15) is 45.7 Å². The van der Waals surface area contributed by atoms with E-state index in [0.717, 1.165) is 5.75 Å². The van der Waals surface area contributed by atoms with Crippen LogP contribution in [0.3, 0.4) is 0 Å². The molecule has 0 heterocycles. The molecule has 1 heteroatoms. The van der Waals surface area contributed by atoms with E-state index >= 15 is 0 Å². The molecule has 2 rings (SSSR count). The van der Waals surface area contributed by atoms with Gasteiger partial charge < -0.3 is 4.74 Å². The highest BCUT2D eigenvalue weighted by molar-refractivity contribution is 5.78. The number of rotatable bonds is 1. The first-order chi connectivity index (χ1) is 8.39. The number of fused-ring (bicyclic) bond motifs is 1. The molecule has 0 aliphatic heterocycles. The summed E-state index contributed by atoms with van der Waals surface area (Å²) in [6.45, 7) is 11.1. The Morgan fingerprint density at radius 3 is 2.39 bits per heavy atom. The summed E-state index contributed by atoms with van der Waals surface area (Å²) < 4.78 is 5.57. The van der Waals surface area contributed by atoms with Gasteiger partial charge in [0, 0.05) is 11.0 Å². The van der Waals surface area contributed by atoms with E-state index in [-0.39, 0.29) is 5.41 Å². The molecule has 1 aromatic rings. The monoisotopic (exact) mass is 242 g/mol. The first kappa shape index (κ1) is 12.9. The van der Waals surface area contributed by atoms with Gasteiger partial charge in [0.2, 0.25) is 0 Å². The summed E-state index contributed by atoms with van der Waals surface area (Å²) in [4.78, 5) is 0. The van der Waals surface area contributed by atoms with Crippen molar-refractivity contribution in [2.75, 3.05) is 7.11 Å². The van der Waals surface area contributed by atoms with Crippen LogP contribution in [0.4, 0.5) is 0 Å². The second-order valence-corrected chi connectivity index (χ2v) is 5.75. The highest BCUT2D eigenvalue weighted by atomic mass is 16.5. The molecule has 0 unspecified atom stereocenters. The van der Waals surface area contributed by atoms with E-state index in [4.69, 9.17) is 4.74 Å². The molecule has 18 heavy (non-hydrogen) atoms. The van der Waals surface area contributed by atoms with E-state index < -0.39 is 0 Å². The molecule has 1 aliphatic rings. The van der Waals surface area contributed by atoms with Gasteiger partial charge in [0.25, 0.3) is 0 Å². The largest absolute Gasteiger partial charge is 0.496 e. The maximum Gasteiger partial charge on any atom is 0.123 e. The standard InChI is InChI=1S/C17H22O/c1-11(2)14-10-12(3)13-8-7-9-15(18-6)16(13)17(14,4)5/h7-10H,1-6H3. The Balaban J connectivity index is 2.82. The predicted octanol–water partition coefficient (Wildman–Crippen LogP) is 4.73. The lowest BCUT2D eigenvalue weighted by molar-refractivity contribution is 0.400. The first-order valence-electron chi connectivity index (χ1n) is 6.43. The highest BCUT2D eigenvalue weighted by Crippen LogP contribution is 2.47. The van der Waals surface area contributed by atoms with Crippen molar-refractivity contribution in [1.29, 1.82) is 0 Å². The molecule has 0 bridgehead atoms. The second-order valence-electron chi connectivity index (χ2n) is 5.75. The Hall–Kier alpha value is -1.50. The zero-order valence-corrected chi connectivity index (χ0v) is 12.2. The average Bonchev–Trinajstić information content (AvgIpc) is 2.32. The summed E-state index contributed by atoms with van der Waals surface area (Å²) in [5.74, 6) is 0.990. The third-order valence-electron chi connectivity index (χ3n) is 3.87. The van der Waals surface area contributed by atoms with E-state index in [0.29, 0.717) is 0 Å². The van der Waals surface area contributed by atoms with Crippen LogP contribution in [-0.2, 0) is 5.41 Å². The molecule has 96 valence electrons. The van der Waals surface area contributed by atoms with Gasteiger partial charge in [0.05, 0.1) is 7.11 Å². The van der Waals surface area contributed by atoms with Crippen LogP contribution >= 0.6 is 0 Å². The maximum absolute atomic E-state index is 5.57. The lowest BCUT2D eigenvalue weighted by Gasteiger charge is -2.36. The summed E-state index contributed by atoms with van der Waals surface area (Å²) in [6, 6.07) is 6.31. The van der Waals surface area contributed by atoms with Crippen molar-refractivity contribution in [2.45, 2.75) is 40.0 Å². The van der Waals surface area contributed by atoms with E-state index in [1.165, 1.54) is 27.8 Å². The topological polar surface area (TPSA) is 9.23 Å². The molecule has 0 radical (unpaired) electrons. The number of methoxy groups -OCH3 is 1. The van der Waals surface area contributed by atoms with Crippen LogP contribution in [0.15, 0.2) is 35.4 Å². The third-order valence-corrected chi connectivity index (χ3v) is 3.87. The zero-order valence-electron chi connectivity index (χ0n) is 12.2. The summed E-state index contributed by atoms with van der Waals surface area (Å²) >= 11 is 0. The van der Waals surface area contributed by atoms with Crippen LogP contribution < -0.4 is 4.74 Å². The third kappa shape index (κ3) is 1.78. The Kier molecular flexibility index (Phi) is 3.10. The van der Waals surface area contributed by atoms with Crippen molar-refractivity contribution in [2.24, 2.45) is 0 Å². The molecule has 0 saturated carbocycles. The minimum Gasteiger partial charge on any atom is -0.496 e. The van der Waals surface area contributed by atoms with Gasteiger partial charge in [0.15, 0.2) is 0 Å². The van der Waals surface area contributed by atoms with Crippen LogP contribution in [0.25, 0.3) is 5.57 Å². The Morgan fingerprint density at radius 2 is 1.83 bits per heavy atom. The molecule has 0 fully saturated rings. The smallest absolute Gasteiger partial charge is 0.123 e. The van der Waals surface area contributed by atoms with Crippen molar-refractivity contribution in [3.63, 3.8) is 0 Å². The van der Waals surface area contributed by atoms with E-state index in [9.17, 15) is 0 Å². The fourth-order valence-corrected chi connectivity index (χ4v) is 3.05. The molecule has 1 nitrogen and oxygen atoms in total. The SMILES string of the molecule is COc1cccc2c1C(C)(C)C(=C(C)C)C=C2C. The van der Waals surface area contributed by atoms with Crippen LogP contribution in [0.2, 0.25) is 0 Å². The quantitative estimate of drug-likeness (QED) is 0.692. The summed E-state index contributed by atoms with van der Waals surface area (Å²) in [7, 11) is 1.75. The van der Waals surface area contributed by atoms with Crippen LogP contribution in [0.5, 0.6) is 5.75 Å². The van der Waals surface area contributed by atoms with Crippen molar-refractivity contribution >= 4 is 5.57 Å². The van der Waals surface area contributed by atoms with Gasteiger partial charge in [-0.15, -0.1) is 0 Å². The van der Waals surface area contributed by atoms with Gasteiger partial charge >= 0.3 is 0 Å². The molecule has 0 spiro atoms. The first-order valence-corrected chi connectivity index (χ1v) is 6.43. The van der Waals surface area contributed by atoms with E-state index in [1.807, 2.05) is 0 Å². The average molecular weight is 242 g/mol. The Bertz CT molecular complexity index is 541. The molecule has 0 N–H and O–H groups in total. The number of benzene rings is 1. The minimum absolute atomic E-state index is 0.000278. The molecular formula is C17H22O. The van der Waals surface area contributed by atoms with E-state index in [1.54, 1.807) is 7.11 Å². The molecule has 0 amide bonds. The number of allylic oxidation sites excluding steroid dienone is 4. The highest BCUT2D eigenvalue weighted by Gasteiger charge is 2.34. The fourth-order valence-electron chi connectivity index (χ4n) is 3.05. The Labute approximate surface area is 110 Å². The molecule has 0 saturated heterocycles. The number of ether oxygens (including phenoxy) is 1. The summed E-state index contributed by atoms with van der Waals surface area (Å²) in [5.41, 5.74) is 6.71. The van der Waals surface area contributed by atoms with Gasteiger partial charge in [-0.1, -0.05) is 37.6 Å². The van der Waals surface area contributed by atoms with Crippen molar-refractivity contribution in [3.05, 3.63) is 46.5 Å². The maximum atomic E-state index is 5.57. The number of hydrogen-bond acceptors (Lipinski definition) is 1. The second kappa shape index (κ2) is 4.31. The van der Waals surface area contributed by atoms with Crippen molar-refractivity contribution in [3.8, 4) is 5.75 Å². The van der Waals surface area contributed by atoms with Gasteiger partial charge in [-0.2, -0.15) is 0 Å². The molecule has 0 aromatic heterocycles. The van der Waals surface area contributed by atoms with Crippen LogP contribution in [-0.4, -0.2) is 7.11 Å². The molecule has 1 aliphatic carbocycles. The lowest BCUT2D eigenvalue weighted by atomic mass is 9.68. The predicted molar refractivity (Wildman–Crippen MR) is 78.0 cm³/mol. The molecular weight excluding hydrogens is 220 g/mol. The van der Waals surface area contributed by atoms with Gasteiger partial charge in [-0.05, 0) is 43.5 Å². The summed E-state index contributed by atoms with van der Waals surface area (Å²) in [5, 5.41) is 0. The lowest BCUT2D eigenvalue weighted by Crippen LogP contribution is -2.26. The molecule has 1 aromatic carbocycles. The van der Waals surface area contributed by atoms with E-state index in [2.05, 4.69) is 58.9 Å². The van der Waals surface area contributed by atoms with Crippen molar-refractivity contribution in [1.82, 2.24) is 0 Å². The van der Waals surface area contributed by atoms with Gasteiger partial charge in [0.1, 0.15) is 5.75 Å². The fraction of sp³-hybridized carbons (Fsp3) is 0.412. The van der Waals surface area contributed by atoms with Gasteiger partial charge in [-0.3, -0.25) is 0 Å². The normalized spacial score (nSPS) is 17.0. The Morgan fingerprint density at radius 1 is 1.17 bits per heavy atom. The summed E-state index contributed by atoms with van der Waals surface area (Å²) in [6.07, 6.45) is 2.32.